The number of ether oxygens (including phenoxy) is 1. The standard InChI is InChI=1S/C17H21NO6/c1-3-4-5-18-17(23)10-6-9-8-12(24-2)15(21)16(22)13(9)14(20)11(19)7-10/h6-8,17-18,21-23H,3-5H2,1-2H3,(H,19,20). The number of phenols is 2. The fraction of sp³-hybridized carbons (Fsp3) is 0.353. The van der Waals surface area contributed by atoms with Crippen molar-refractivity contribution in [2.24, 2.45) is 0 Å². The molecule has 1 atom stereocenters. The van der Waals surface area contributed by atoms with Crippen molar-refractivity contribution in [3.63, 3.8) is 0 Å². The summed E-state index contributed by atoms with van der Waals surface area (Å²) in [6, 6.07) is 3.90. The molecule has 0 saturated carbocycles. The second-order valence-electron chi connectivity index (χ2n) is 5.45. The third-order valence-electron chi connectivity index (χ3n) is 3.76. The van der Waals surface area contributed by atoms with Crippen LogP contribution in [0.3, 0.4) is 0 Å². The van der Waals surface area contributed by atoms with Crippen molar-refractivity contribution >= 4 is 10.8 Å². The minimum Gasteiger partial charge on any atom is -0.504 e. The largest absolute Gasteiger partial charge is 0.504 e. The van der Waals surface area contributed by atoms with Gasteiger partial charge >= 0.3 is 0 Å². The lowest BCUT2D eigenvalue weighted by Gasteiger charge is -2.12. The maximum atomic E-state index is 12.1. The summed E-state index contributed by atoms with van der Waals surface area (Å²) >= 11 is 0. The number of hydrogen-bond donors (Lipinski definition) is 5. The lowest BCUT2D eigenvalue weighted by atomic mass is 10.1. The number of rotatable bonds is 6. The summed E-state index contributed by atoms with van der Waals surface area (Å²) in [5, 5.41) is 43.1. The van der Waals surface area contributed by atoms with Gasteiger partial charge in [-0.2, -0.15) is 0 Å². The zero-order valence-electron chi connectivity index (χ0n) is 13.5. The molecule has 0 spiro atoms. The molecule has 2 aromatic carbocycles. The Bertz CT molecular complexity index is 805. The van der Waals surface area contributed by atoms with Gasteiger partial charge in [-0.3, -0.25) is 10.1 Å². The van der Waals surface area contributed by atoms with Crippen LogP contribution in [0, 0.1) is 0 Å². The van der Waals surface area contributed by atoms with Gasteiger partial charge in [-0.25, -0.2) is 0 Å². The van der Waals surface area contributed by atoms with Crippen LogP contribution in [-0.2, 0) is 0 Å². The molecular weight excluding hydrogens is 314 g/mol. The molecule has 0 radical (unpaired) electrons. The molecular formula is C17H21NO6. The lowest BCUT2D eigenvalue weighted by molar-refractivity contribution is 0.139. The Morgan fingerprint density at radius 2 is 1.83 bits per heavy atom. The topological polar surface area (TPSA) is 119 Å². The van der Waals surface area contributed by atoms with Gasteiger partial charge in [0.15, 0.2) is 17.2 Å². The van der Waals surface area contributed by atoms with Crippen molar-refractivity contribution < 1.29 is 25.2 Å². The van der Waals surface area contributed by atoms with Crippen LogP contribution in [0.4, 0.5) is 0 Å². The highest BCUT2D eigenvalue weighted by Crippen LogP contribution is 2.44. The smallest absolute Gasteiger partial charge is 0.221 e. The summed E-state index contributed by atoms with van der Waals surface area (Å²) in [6.07, 6.45) is 0.693. The van der Waals surface area contributed by atoms with Crippen LogP contribution >= 0.6 is 0 Å². The molecule has 0 aromatic heterocycles. The van der Waals surface area contributed by atoms with Crippen LogP contribution in [0.2, 0.25) is 0 Å². The number of hydrogen-bond acceptors (Lipinski definition) is 7. The zero-order chi connectivity index (χ0) is 17.9. The van der Waals surface area contributed by atoms with E-state index in [2.05, 4.69) is 5.32 Å². The zero-order valence-corrected chi connectivity index (χ0v) is 13.5. The highest BCUT2D eigenvalue weighted by Gasteiger charge is 2.18. The van der Waals surface area contributed by atoms with Crippen LogP contribution < -0.4 is 15.5 Å². The molecule has 0 amide bonds. The van der Waals surface area contributed by atoms with Crippen molar-refractivity contribution in [1.82, 2.24) is 5.32 Å². The fourth-order valence-electron chi connectivity index (χ4n) is 2.43. The summed E-state index contributed by atoms with van der Waals surface area (Å²) in [6.45, 7) is 2.57. The number of methoxy groups -OCH3 is 1. The Labute approximate surface area is 138 Å². The number of phenolic OH excluding ortho intramolecular Hbond substituents is 2. The third kappa shape index (κ3) is 3.37. The van der Waals surface area contributed by atoms with E-state index >= 15 is 0 Å². The van der Waals surface area contributed by atoms with Crippen LogP contribution in [-0.4, -0.2) is 34.1 Å². The number of aromatic hydroxyl groups is 3. The number of fused-ring (bicyclic) bond motifs is 1. The van der Waals surface area contributed by atoms with Gasteiger partial charge in [0.1, 0.15) is 6.23 Å². The van der Waals surface area contributed by atoms with Crippen molar-refractivity contribution in [2.75, 3.05) is 13.7 Å². The van der Waals surface area contributed by atoms with E-state index in [0.717, 1.165) is 18.9 Å². The normalized spacial score (nSPS) is 12.3. The maximum Gasteiger partial charge on any atom is 0.221 e. The molecule has 0 bridgehead atoms. The van der Waals surface area contributed by atoms with Crippen LogP contribution in [0.25, 0.3) is 10.8 Å². The number of unbranched alkanes of at least 4 members (excludes halogenated alkanes) is 1. The van der Waals surface area contributed by atoms with Gasteiger partial charge in [0.05, 0.1) is 12.5 Å². The molecule has 7 heteroatoms. The molecule has 0 aliphatic rings. The minimum absolute atomic E-state index is 0.0163. The highest BCUT2D eigenvalue weighted by atomic mass is 16.5. The molecule has 0 fully saturated rings. The first-order valence-corrected chi connectivity index (χ1v) is 7.62. The molecule has 0 aliphatic heterocycles. The van der Waals surface area contributed by atoms with Gasteiger partial charge in [-0.1, -0.05) is 13.3 Å². The fourth-order valence-corrected chi connectivity index (χ4v) is 2.43. The molecule has 5 N–H and O–H groups in total. The van der Waals surface area contributed by atoms with Gasteiger partial charge in [0.25, 0.3) is 0 Å². The summed E-state index contributed by atoms with van der Waals surface area (Å²) in [5.41, 5.74) is -0.551. The summed E-state index contributed by atoms with van der Waals surface area (Å²) < 4.78 is 4.97. The quantitative estimate of drug-likeness (QED) is 0.310. The molecule has 0 aliphatic carbocycles. The predicted molar refractivity (Wildman–Crippen MR) is 89.6 cm³/mol. The Morgan fingerprint density at radius 1 is 1.12 bits per heavy atom. The Kier molecular flexibility index (Phi) is 5.48. The number of aliphatic hydroxyl groups is 1. The van der Waals surface area contributed by atoms with E-state index in [1.54, 1.807) is 0 Å². The maximum absolute atomic E-state index is 12.1. The van der Waals surface area contributed by atoms with Crippen LogP contribution in [0.5, 0.6) is 23.0 Å². The molecule has 0 heterocycles. The Hall–Kier alpha value is -2.51. The molecule has 2 rings (SSSR count). The van der Waals surface area contributed by atoms with Crippen LogP contribution in [0.1, 0.15) is 31.6 Å². The predicted octanol–water partition coefficient (Wildman–Crippen LogP) is 1.71. The van der Waals surface area contributed by atoms with E-state index in [-0.39, 0.29) is 22.1 Å². The van der Waals surface area contributed by atoms with Gasteiger partial charge in [0.2, 0.25) is 11.2 Å². The van der Waals surface area contributed by atoms with Crippen molar-refractivity contribution in [2.45, 2.75) is 26.0 Å². The molecule has 0 saturated heterocycles. The Balaban J connectivity index is 2.67. The van der Waals surface area contributed by atoms with Gasteiger partial charge in [-0.05, 0) is 42.1 Å². The van der Waals surface area contributed by atoms with E-state index < -0.39 is 28.9 Å². The molecule has 7 nitrogen and oxygen atoms in total. The first-order valence-electron chi connectivity index (χ1n) is 7.62. The van der Waals surface area contributed by atoms with E-state index in [0.29, 0.717) is 6.54 Å². The second kappa shape index (κ2) is 7.37. The second-order valence-corrected chi connectivity index (χ2v) is 5.45. The molecule has 2 aromatic rings. The average Bonchev–Trinajstić information content (AvgIpc) is 2.68. The van der Waals surface area contributed by atoms with Crippen molar-refractivity contribution in [3.8, 4) is 23.0 Å². The van der Waals surface area contributed by atoms with E-state index in [1.807, 2.05) is 6.92 Å². The highest BCUT2D eigenvalue weighted by molar-refractivity contribution is 5.96. The lowest BCUT2D eigenvalue weighted by Crippen LogP contribution is -2.22. The summed E-state index contributed by atoms with van der Waals surface area (Å²) in [5.74, 6) is -1.96. The third-order valence-corrected chi connectivity index (χ3v) is 3.76. The number of benzene rings is 1. The van der Waals surface area contributed by atoms with Crippen molar-refractivity contribution in [1.29, 1.82) is 0 Å². The van der Waals surface area contributed by atoms with E-state index in [4.69, 9.17) is 4.74 Å². The van der Waals surface area contributed by atoms with E-state index in [1.165, 1.54) is 19.2 Å². The monoisotopic (exact) mass is 335 g/mol. The minimum atomic E-state index is -1.11. The SMILES string of the molecule is CCCCNC(O)c1cc(=O)c(O)c2c(O)c(O)c(OC)cc2c1. The average molecular weight is 335 g/mol. The number of nitrogens with one attached hydrogen (secondary N) is 1. The number of aliphatic hydroxyl groups excluding tert-OH is 1. The molecule has 24 heavy (non-hydrogen) atoms. The van der Waals surface area contributed by atoms with Crippen LogP contribution in [0.15, 0.2) is 23.0 Å². The van der Waals surface area contributed by atoms with Gasteiger partial charge < -0.3 is 25.2 Å². The summed E-state index contributed by atoms with van der Waals surface area (Å²) in [7, 11) is 1.31. The van der Waals surface area contributed by atoms with E-state index in [9.17, 15) is 25.2 Å². The van der Waals surface area contributed by atoms with Crippen molar-refractivity contribution in [3.05, 3.63) is 34.0 Å². The first-order chi connectivity index (χ1) is 11.4. The Morgan fingerprint density at radius 3 is 2.46 bits per heavy atom. The molecule has 1 unspecified atom stereocenters. The van der Waals surface area contributed by atoms with Gasteiger partial charge in [-0.15, -0.1) is 0 Å². The summed E-state index contributed by atoms with van der Waals surface area (Å²) in [4.78, 5) is 12.1. The van der Waals surface area contributed by atoms with Gasteiger partial charge in [0, 0.05) is 0 Å². The molecule has 130 valence electrons. The first kappa shape index (κ1) is 17.8.